The van der Waals surface area contributed by atoms with Crippen LogP contribution in [0.1, 0.15) is 56.6 Å². The first kappa shape index (κ1) is 15.0. The summed E-state index contributed by atoms with van der Waals surface area (Å²) in [7, 11) is 0. The molecule has 0 atom stereocenters. The van der Waals surface area contributed by atoms with Gasteiger partial charge in [0.25, 0.3) is 0 Å². The molecule has 18 heavy (non-hydrogen) atoms. The van der Waals surface area contributed by atoms with E-state index in [0.717, 1.165) is 24.3 Å². The van der Waals surface area contributed by atoms with Crippen molar-refractivity contribution in [3.8, 4) is 5.75 Å². The summed E-state index contributed by atoms with van der Waals surface area (Å²) in [5.41, 5.74) is 8.04. The highest BCUT2D eigenvalue weighted by molar-refractivity contribution is 5.36. The third kappa shape index (κ3) is 5.54. The van der Waals surface area contributed by atoms with Gasteiger partial charge in [0.1, 0.15) is 5.75 Å². The maximum atomic E-state index is 5.84. The fraction of sp³-hybridized carbons (Fsp3) is 0.625. The Kier molecular flexibility index (Phi) is 7.51. The van der Waals surface area contributed by atoms with Crippen LogP contribution in [0.25, 0.3) is 0 Å². The lowest BCUT2D eigenvalue weighted by Crippen LogP contribution is -2.04. The highest BCUT2D eigenvalue weighted by Gasteiger charge is 2.02. The molecule has 0 saturated carbocycles. The highest BCUT2D eigenvalue weighted by Crippen LogP contribution is 2.20. The number of aryl methyl sites for hydroxylation is 1. The molecule has 2 heteroatoms. The fourth-order valence-electron chi connectivity index (χ4n) is 2.03. The van der Waals surface area contributed by atoms with Crippen LogP contribution in [0, 0.1) is 6.92 Å². The van der Waals surface area contributed by atoms with Crippen LogP contribution in [-0.2, 0) is 6.54 Å². The van der Waals surface area contributed by atoms with Crippen molar-refractivity contribution < 1.29 is 4.74 Å². The molecule has 1 rings (SSSR count). The van der Waals surface area contributed by atoms with E-state index in [1.165, 1.54) is 37.7 Å². The van der Waals surface area contributed by atoms with Gasteiger partial charge in [-0.1, -0.05) is 51.2 Å². The molecule has 0 aliphatic rings. The third-order valence-electron chi connectivity index (χ3n) is 3.20. The molecule has 0 fully saturated rings. The molecule has 0 unspecified atom stereocenters. The van der Waals surface area contributed by atoms with Gasteiger partial charge in [0, 0.05) is 12.1 Å². The molecule has 0 heterocycles. The van der Waals surface area contributed by atoms with Crippen LogP contribution in [-0.4, -0.2) is 6.61 Å². The molecule has 2 nitrogen and oxygen atoms in total. The maximum Gasteiger partial charge on any atom is 0.124 e. The molecule has 0 amide bonds. The van der Waals surface area contributed by atoms with Crippen LogP contribution in [0.2, 0.25) is 0 Å². The first-order valence-corrected chi connectivity index (χ1v) is 7.20. The van der Waals surface area contributed by atoms with Gasteiger partial charge in [0.2, 0.25) is 0 Å². The Morgan fingerprint density at radius 1 is 1.06 bits per heavy atom. The Morgan fingerprint density at radius 2 is 1.78 bits per heavy atom. The van der Waals surface area contributed by atoms with Gasteiger partial charge in [-0.05, 0) is 25.0 Å². The summed E-state index contributed by atoms with van der Waals surface area (Å²) in [6.45, 7) is 5.68. The highest BCUT2D eigenvalue weighted by atomic mass is 16.5. The van der Waals surface area contributed by atoms with Crippen LogP contribution in [0.15, 0.2) is 18.2 Å². The standard InChI is InChI=1S/C16H27NO/c1-3-4-5-6-7-8-11-18-16-12-14(2)9-10-15(16)13-17/h9-10,12H,3-8,11,13,17H2,1-2H3. The van der Waals surface area contributed by atoms with Crippen molar-refractivity contribution in [1.82, 2.24) is 0 Å². The molecule has 2 N–H and O–H groups in total. The zero-order valence-electron chi connectivity index (χ0n) is 11.9. The Labute approximate surface area is 112 Å². The Balaban J connectivity index is 2.24. The molecular weight excluding hydrogens is 222 g/mol. The largest absolute Gasteiger partial charge is 0.493 e. The van der Waals surface area contributed by atoms with Crippen LogP contribution in [0.3, 0.4) is 0 Å². The first-order valence-electron chi connectivity index (χ1n) is 7.20. The predicted octanol–water partition coefficient (Wildman–Crippen LogP) is 4.19. The molecule has 1 aromatic rings. The third-order valence-corrected chi connectivity index (χ3v) is 3.20. The number of ether oxygens (including phenoxy) is 1. The number of hydrogen-bond donors (Lipinski definition) is 1. The van der Waals surface area contributed by atoms with Gasteiger partial charge < -0.3 is 10.5 Å². The van der Waals surface area contributed by atoms with Crippen molar-refractivity contribution in [3.63, 3.8) is 0 Å². The Bertz CT molecular complexity index is 336. The second-order valence-corrected chi connectivity index (χ2v) is 4.93. The molecular formula is C16H27NO. The zero-order valence-corrected chi connectivity index (χ0v) is 11.9. The summed E-state index contributed by atoms with van der Waals surface area (Å²) in [5, 5.41) is 0. The van der Waals surface area contributed by atoms with Crippen LogP contribution >= 0.6 is 0 Å². The second kappa shape index (κ2) is 8.98. The Morgan fingerprint density at radius 3 is 2.50 bits per heavy atom. The van der Waals surface area contributed by atoms with Gasteiger partial charge in [-0.3, -0.25) is 0 Å². The summed E-state index contributed by atoms with van der Waals surface area (Å²) in [6.07, 6.45) is 7.75. The summed E-state index contributed by atoms with van der Waals surface area (Å²) >= 11 is 0. The lowest BCUT2D eigenvalue weighted by Gasteiger charge is -2.11. The van der Waals surface area contributed by atoms with E-state index in [0.29, 0.717) is 6.54 Å². The lowest BCUT2D eigenvalue weighted by atomic mass is 10.1. The molecule has 0 aliphatic heterocycles. The predicted molar refractivity (Wildman–Crippen MR) is 77.9 cm³/mol. The molecule has 1 aromatic carbocycles. The summed E-state index contributed by atoms with van der Waals surface area (Å²) < 4.78 is 5.84. The van der Waals surface area contributed by atoms with Crippen LogP contribution in [0.4, 0.5) is 0 Å². The number of nitrogens with two attached hydrogens (primary N) is 1. The minimum Gasteiger partial charge on any atom is -0.493 e. The van der Waals surface area contributed by atoms with E-state index in [9.17, 15) is 0 Å². The summed E-state index contributed by atoms with van der Waals surface area (Å²) in [5.74, 6) is 0.964. The van der Waals surface area contributed by atoms with Crippen LogP contribution < -0.4 is 10.5 Å². The first-order chi connectivity index (χ1) is 8.77. The fourth-order valence-corrected chi connectivity index (χ4v) is 2.03. The van der Waals surface area contributed by atoms with Crippen molar-refractivity contribution >= 4 is 0 Å². The molecule has 0 radical (unpaired) electrons. The molecule has 102 valence electrons. The van der Waals surface area contributed by atoms with Crippen molar-refractivity contribution in [1.29, 1.82) is 0 Å². The van der Waals surface area contributed by atoms with Gasteiger partial charge in [-0.25, -0.2) is 0 Å². The Hall–Kier alpha value is -1.02. The van der Waals surface area contributed by atoms with E-state index in [1.54, 1.807) is 0 Å². The minimum atomic E-state index is 0.548. The number of rotatable bonds is 9. The van der Waals surface area contributed by atoms with E-state index in [4.69, 9.17) is 10.5 Å². The van der Waals surface area contributed by atoms with Crippen LogP contribution in [0.5, 0.6) is 5.75 Å². The van der Waals surface area contributed by atoms with E-state index < -0.39 is 0 Å². The van der Waals surface area contributed by atoms with Crippen molar-refractivity contribution in [2.75, 3.05) is 6.61 Å². The second-order valence-electron chi connectivity index (χ2n) is 4.93. The molecule has 0 saturated heterocycles. The molecule has 0 aliphatic carbocycles. The minimum absolute atomic E-state index is 0.548. The van der Waals surface area contributed by atoms with Gasteiger partial charge in [0.05, 0.1) is 6.61 Å². The average molecular weight is 249 g/mol. The van der Waals surface area contributed by atoms with Gasteiger partial charge in [-0.15, -0.1) is 0 Å². The summed E-state index contributed by atoms with van der Waals surface area (Å²) in [6, 6.07) is 6.23. The lowest BCUT2D eigenvalue weighted by molar-refractivity contribution is 0.301. The number of unbranched alkanes of at least 4 members (excludes halogenated alkanes) is 5. The van der Waals surface area contributed by atoms with E-state index >= 15 is 0 Å². The van der Waals surface area contributed by atoms with Crippen molar-refractivity contribution in [2.24, 2.45) is 5.73 Å². The smallest absolute Gasteiger partial charge is 0.124 e. The number of benzene rings is 1. The van der Waals surface area contributed by atoms with E-state index in [2.05, 4.69) is 32.0 Å². The average Bonchev–Trinajstić information content (AvgIpc) is 2.38. The SMILES string of the molecule is CCCCCCCCOc1cc(C)ccc1CN. The topological polar surface area (TPSA) is 35.2 Å². The zero-order chi connectivity index (χ0) is 13.2. The van der Waals surface area contributed by atoms with Crippen molar-refractivity contribution in [2.45, 2.75) is 58.9 Å². The maximum absolute atomic E-state index is 5.84. The molecule has 0 spiro atoms. The van der Waals surface area contributed by atoms with Gasteiger partial charge in [0.15, 0.2) is 0 Å². The van der Waals surface area contributed by atoms with Crippen molar-refractivity contribution in [3.05, 3.63) is 29.3 Å². The quantitative estimate of drug-likeness (QED) is 0.666. The molecule has 0 aromatic heterocycles. The number of hydrogen-bond acceptors (Lipinski definition) is 2. The molecule has 0 bridgehead atoms. The monoisotopic (exact) mass is 249 g/mol. The summed E-state index contributed by atoms with van der Waals surface area (Å²) in [4.78, 5) is 0. The van der Waals surface area contributed by atoms with E-state index in [1.807, 2.05) is 0 Å². The van der Waals surface area contributed by atoms with Gasteiger partial charge in [-0.2, -0.15) is 0 Å². The van der Waals surface area contributed by atoms with E-state index in [-0.39, 0.29) is 0 Å². The van der Waals surface area contributed by atoms with Gasteiger partial charge >= 0.3 is 0 Å². The normalized spacial score (nSPS) is 10.6.